The monoisotopic (exact) mass is 330 g/mol. The summed E-state index contributed by atoms with van der Waals surface area (Å²) in [6.45, 7) is 0. The Morgan fingerprint density at radius 1 is 1.21 bits per heavy atom. The number of aryl methyl sites for hydroxylation is 1. The molecule has 6 heteroatoms. The van der Waals surface area contributed by atoms with Crippen molar-refractivity contribution < 1.29 is 18.8 Å². The van der Waals surface area contributed by atoms with E-state index in [2.05, 4.69) is 10.1 Å². The van der Waals surface area contributed by atoms with Gasteiger partial charge < -0.3 is 14.0 Å². The smallest absolute Gasteiger partial charge is 0.306 e. The van der Waals surface area contributed by atoms with Crippen molar-refractivity contribution in [3.63, 3.8) is 0 Å². The Morgan fingerprint density at radius 3 is 2.67 bits per heavy atom. The molecular formula is C18H22N2O4. The lowest BCUT2D eigenvalue weighted by Gasteiger charge is -2.21. The number of hydrogen-bond acceptors (Lipinski definition) is 6. The summed E-state index contributed by atoms with van der Waals surface area (Å²) in [5.41, 5.74) is 0.843. The Kier molecular flexibility index (Phi) is 5.46. The molecule has 0 saturated heterocycles. The number of esters is 1. The van der Waals surface area contributed by atoms with Gasteiger partial charge in [0.2, 0.25) is 11.7 Å². The summed E-state index contributed by atoms with van der Waals surface area (Å²) in [6, 6.07) is 7.41. The van der Waals surface area contributed by atoms with Gasteiger partial charge in [-0.1, -0.05) is 11.6 Å². The second-order valence-electron chi connectivity index (χ2n) is 5.99. The molecule has 1 fully saturated rings. The predicted octanol–water partition coefficient (Wildman–Crippen LogP) is 3.55. The molecule has 0 unspecified atom stereocenters. The third kappa shape index (κ3) is 4.34. The summed E-state index contributed by atoms with van der Waals surface area (Å²) in [6.07, 6.45) is 6.24. The van der Waals surface area contributed by atoms with E-state index >= 15 is 0 Å². The van der Waals surface area contributed by atoms with Gasteiger partial charge in [0.1, 0.15) is 11.9 Å². The molecule has 1 aliphatic carbocycles. The van der Waals surface area contributed by atoms with Crippen LogP contribution in [0.15, 0.2) is 28.8 Å². The second kappa shape index (κ2) is 7.95. The van der Waals surface area contributed by atoms with E-state index in [-0.39, 0.29) is 18.5 Å². The molecule has 0 radical (unpaired) electrons. The van der Waals surface area contributed by atoms with E-state index in [1.165, 1.54) is 6.42 Å². The normalized spacial score (nSPS) is 15.2. The third-order valence-corrected chi connectivity index (χ3v) is 4.21. The van der Waals surface area contributed by atoms with Gasteiger partial charge in [-0.15, -0.1) is 0 Å². The third-order valence-electron chi connectivity index (χ3n) is 4.21. The highest BCUT2D eigenvalue weighted by molar-refractivity contribution is 5.69. The molecule has 0 bridgehead atoms. The predicted molar refractivity (Wildman–Crippen MR) is 87.6 cm³/mol. The fraction of sp³-hybridized carbons (Fsp3) is 0.500. The highest BCUT2D eigenvalue weighted by Crippen LogP contribution is 2.22. The minimum absolute atomic E-state index is 0.0868. The van der Waals surface area contributed by atoms with Crippen molar-refractivity contribution in [1.82, 2.24) is 10.1 Å². The summed E-state index contributed by atoms with van der Waals surface area (Å²) >= 11 is 0. The van der Waals surface area contributed by atoms with Crippen molar-refractivity contribution in [2.45, 2.75) is 51.0 Å². The van der Waals surface area contributed by atoms with Gasteiger partial charge in [-0.05, 0) is 49.9 Å². The molecule has 2 aromatic rings. The molecule has 1 aromatic heterocycles. The van der Waals surface area contributed by atoms with Crippen molar-refractivity contribution in [2.75, 3.05) is 7.11 Å². The zero-order valence-electron chi connectivity index (χ0n) is 13.9. The Balaban J connectivity index is 1.50. The van der Waals surface area contributed by atoms with Crippen LogP contribution >= 0.6 is 0 Å². The molecule has 1 aromatic carbocycles. The summed E-state index contributed by atoms with van der Waals surface area (Å²) in [4.78, 5) is 16.2. The molecule has 128 valence electrons. The number of carbonyl (C=O) groups excluding carboxylic acids is 1. The van der Waals surface area contributed by atoms with Crippen LogP contribution in [0.5, 0.6) is 5.75 Å². The average Bonchev–Trinajstić information content (AvgIpc) is 3.10. The van der Waals surface area contributed by atoms with Gasteiger partial charge in [-0.3, -0.25) is 4.79 Å². The summed E-state index contributed by atoms with van der Waals surface area (Å²) in [7, 11) is 1.62. The molecule has 24 heavy (non-hydrogen) atoms. The summed E-state index contributed by atoms with van der Waals surface area (Å²) in [5.74, 6) is 1.54. The number of carbonyl (C=O) groups is 1. The number of aromatic nitrogens is 2. The molecule has 0 aliphatic heterocycles. The van der Waals surface area contributed by atoms with Crippen molar-refractivity contribution in [1.29, 1.82) is 0 Å². The van der Waals surface area contributed by atoms with Crippen molar-refractivity contribution in [3.8, 4) is 17.1 Å². The second-order valence-corrected chi connectivity index (χ2v) is 5.99. The number of hydrogen-bond donors (Lipinski definition) is 0. The van der Waals surface area contributed by atoms with Crippen LogP contribution in [-0.2, 0) is 16.0 Å². The largest absolute Gasteiger partial charge is 0.497 e. The Hall–Kier alpha value is -2.37. The van der Waals surface area contributed by atoms with Gasteiger partial charge in [0.25, 0.3) is 0 Å². The van der Waals surface area contributed by atoms with E-state index in [1.807, 2.05) is 24.3 Å². The highest BCUT2D eigenvalue weighted by Gasteiger charge is 2.18. The molecule has 1 heterocycles. The standard InChI is InChI=1S/C18H22N2O4/c1-22-14-9-7-13(8-10-14)18-19-16(24-20-18)11-12-17(21)23-15-5-3-2-4-6-15/h7-10,15H,2-6,11-12H2,1H3. The van der Waals surface area contributed by atoms with Crippen molar-refractivity contribution >= 4 is 5.97 Å². The topological polar surface area (TPSA) is 74.5 Å². The van der Waals surface area contributed by atoms with Crippen LogP contribution < -0.4 is 4.74 Å². The summed E-state index contributed by atoms with van der Waals surface area (Å²) in [5, 5.41) is 3.96. The lowest BCUT2D eigenvalue weighted by Crippen LogP contribution is -2.21. The van der Waals surface area contributed by atoms with Crippen LogP contribution in [0.25, 0.3) is 11.4 Å². The van der Waals surface area contributed by atoms with Crippen LogP contribution in [0.1, 0.15) is 44.4 Å². The molecule has 6 nitrogen and oxygen atoms in total. The Bertz CT molecular complexity index is 660. The highest BCUT2D eigenvalue weighted by atomic mass is 16.5. The number of benzene rings is 1. The molecule has 0 amide bonds. The van der Waals surface area contributed by atoms with Crippen LogP contribution in [-0.4, -0.2) is 29.3 Å². The van der Waals surface area contributed by atoms with Gasteiger partial charge in [-0.25, -0.2) is 0 Å². The van der Waals surface area contributed by atoms with E-state index in [9.17, 15) is 4.79 Å². The zero-order chi connectivity index (χ0) is 16.8. The number of ether oxygens (including phenoxy) is 2. The molecule has 1 aliphatic rings. The minimum Gasteiger partial charge on any atom is -0.497 e. The maximum Gasteiger partial charge on any atom is 0.306 e. The van der Waals surface area contributed by atoms with E-state index in [0.717, 1.165) is 37.0 Å². The fourth-order valence-corrected chi connectivity index (χ4v) is 2.85. The summed E-state index contributed by atoms with van der Waals surface area (Å²) < 4.78 is 15.8. The van der Waals surface area contributed by atoms with Crippen molar-refractivity contribution in [2.24, 2.45) is 0 Å². The average molecular weight is 330 g/mol. The first-order chi connectivity index (χ1) is 11.7. The van der Waals surface area contributed by atoms with Crippen LogP contribution in [0.3, 0.4) is 0 Å². The molecule has 0 atom stereocenters. The molecule has 0 N–H and O–H groups in total. The molecular weight excluding hydrogens is 308 g/mol. The van der Waals surface area contributed by atoms with E-state index in [0.29, 0.717) is 18.1 Å². The number of nitrogens with zero attached hydrogens (tertiary/aromatic N) is 2. The zero-order valence-corrected chi connectivity index (χ0v) is 13.9. The van der Waals surface area contributed by atoms with E-state index in [1.54, 1.807) is 7.11 Å². The van der Waals surface area contributed by atoms with Crippen molar-refractivity contribution in [3.05, 3.63) is 30.2 Å². The van der Waals surface area contributed by atoms with Gasteiger partial charge in [0.15, 0.2) is 0 Å². The minimum atomic E-state index is -0.189. The van der Waals surface area contributed by atoms with E-state index < -0.39 is 0 Å². The first-order valence-corrected chi connectivity index (χ1v) is 8.41. The lowest BCUT2D eigenvalue weighted by molar-refractivity contribution is -0.150. The number of methoxy groups -OCH3 is 1. The van der Waals surface area contributed by atoms with Gasteiger partial charge in [0, 0.05) is 12.0 Å². The first kappa shape index (κ1) is 16.5. The van der Waals surface area contributed by atoms with Gasteiger partial charge >= 0.3 is 5.97 Å². The lowest BCUT2D eigenvalue weighted by atomic mass is 9.98. The first-order valence-electron chi connectivity index (χ1n) is 8.41. The maximum atomic E-state index is 11.9. The molecule has 1 saturated carbocycles. The quantitative estimate of drug-likeness (QED) is 0.754. The SMILES string of the molecule is COc1ccc(-c2noc(CCC(=O)OC3CCCCC3)n2)cc1. The molecule has 3 rings (SSSR count). The van der Waals surface area contributed by atoms with Gasteiger partial charge in [0.05, 0.1) is 13.5 Å². The molecule has 0 spiro atoms. The van der Waals surface area contributed by atoms with Crippen LogP contribution in [0.2, 0.25) is 0 Å². The van der Waals surface area contributed by atoms with Crippen LogP contribution in [0, 0.1) is 0 Å². The maximum absolute atomic E-state index is 11.9. The number of rotatable bonds is 6. The van der Waals surface area contributed by atoms with Crippen LogP contribution in [0.4, 0.5) is 0 Å². The van der Waals surface area contributed by atoms with Gasteiger partial charge in [-0.2, -0.15) is 4.98 Å². The Labute approximate surface area is 141 Å². The fourth-order valence-electron chi connectivity index (χ4n) is 2.85. The van der Waals surface area contributed by atoms with E-state index in [4.69, 9.17) is 14.0 Å². The Morgan fingerprint density at radius 2 is 1.96 bits per heavy atom.